The maximum atomic E-state index is 12.3. The second-order valence-electron chi connectivity index (χ2n) is 9.83. The largest absolute Gasteiger partial charge is 0.369 e. The van der Waals surface area contributed by atoms with Crippen molar-refractivity contribution >= 4 is 17.2 Å². The SMILES string of the molecule is Cc1cc(N2CCC(C)(c3ccccc3)C2)cn2nc(C34CC(CO3)C4C(=O)NN)nc12. The molecule has 0 spiro atoms. The molecule has 0 radical (unpaired) electrons. The Balaban J connectivity index is 1.33. The Morgan fingerprint density at radius 3 is 2.88 bits per heavy atom. The van der Waals surface area contributed by atoms with E-state index in [0.29, 0.717) is 12.4 Å². The van der Waals surface area contributed by atoms with Crippen LogP contribution in [-0.2, 0) is 20.5 Å². The highest BCUT2D eigenvalue weighted by molar-refractivity contribution is 5.81. The number of aryl methyl sites for hydroxylation is 1. The van der Waals surface area contributed by atoms with Gasteiger partial charge in [-0.2, -0.15) is 0 Å². The number of hydrazine groups is 1. The standard InChI is InChI=1S/C24H28N6O2/c1-15-10-18(29-9-8-23(2,14-29)17-6-4-3-5-7-17)12-30-20(15)26-22(28-30)24-11-16(13-32-24)19(24)21(31)27-25/h3-7,10,12,16,19H,8-9,11,13-14,25H2,1-2H3,(H,27,31). The van der Waals surface area contributed by atoms with Gasteiger partial charge in [0.2, 0.25) is 5.91 Å². The van der Waals surface area contributed by atoms with E-state index < -0.39 is 5.60 Å². The molecular formula is C24H28N6O2. The minimum absolute atomic E-state index is 0.123. The summed E-state index contributed by atoms with van der Waals surface area (Å²) < 4.78 is 7.89. The van der Waals surface area contributed by atoms with Crippen LogP contribution in [0.15, 0.2) is 42.6 Å². The van der Waals surface area contributed by atoms with Crippen LogP contribution in [-0.4, -0.2) is 40.2 Å². The number of nitrogens with one attached hydrogen (secondary N) is 1. The Morgan fingerprint density at radius 1 is 1.31 bits per heavy atom. The zero-order valence-corrected chi connectivity index (χ0v) is 18.4. The lowest BCUT2D eigenvalue weighted by Crippen LogP contribution is -2.54. The number of hydrogen-bond acceptors (Lipinski definition) is 6. The van der Waals surface area contributed by atoms with Crippen LogP contribution in [0.5, 0.6) is 0 Å². The van der Waals surface area contributed by atoms with E-state index in [1.165, 1.54) is 5.56 Å². The average Bonchev–Trinajstić information content (AvgIpc) is 3.56. The molecule has 3 saturated heterocycles. The number of benzene rings is 1. The highest BCUT2D eigenvalue weighted by Gasteiger charge is 2.67. The van der Waals surface area contributed by atoms with E-state index in [-0.39, 0.29) is 23.2 Å². The smallest absolute Gasteiger partial charge is 0.240 e. The van der Waals surface area contributed by atoms with Gasteiger partial charge in [-0.1, -0.05) is 37.3 Å². The Morgan fingerprint density at radius 2 is 2.12 bits per heavy atom. The molecule has 7 rings (SSSR count). The van der Waals surface area contributed by atoms with Gasteiger partial charge in [0.1, 0.15) is 5.60 Å². The first kappa shape index (κ1) is 19.7. The molecule has 2 aromatic heterocycles. The molecule has 1 aromatic carbocycles. The van der Waals surface area contributed by atoms with Crippen molar-refractivity contribution in [3.8, 4) is 0 Å². The van der Waals surface area contributed by atoms with E-state index >= 15 is 0 Å². The van der Waals surface area contributed by atoms with Gasteiger partial charge in [0.05, 0.1) is 24.4 Å². The number of hydrogen-bond donors (Lipinski definition) is 2. The predicted octanol–water partition coefficient (Wildman–Crippen LogP) is 2.06. The number of carbonyl (C=O) groups is 1. The molecule has 5 heterocycles. The highest BCUT2D eigenvalue weighted by atomic mass is 16.5. The van der Waals surface area contributed by atoms with Crippen molar-refractivity contribution in [3.63, 3.8) is 0 Å². The number of ether oxygens (including phenoxy) is 1. The van der Waals surface area contributed by atoms with E-state index in [9.17, 15) is 4.79 Å². The first-order chi connectivity index (χ1) is 15.4. The fourth-order valence-electron chi connectivity index (χ4n) is 5.97. The number of aromatic nitrogens is 3. The average molecular weight is 433 g/mol. The van der Waals surface area contributed by atoms with Crippen LogP contribution in [0.3, 0.4) is 0 Å². The molecule has 2 bridgehead atoms. The maximum absolute atomic E-state index is 12.3. The zero-order valence-electron chi connectivity index (χ0n) is 18.4. The van der Waals surface area contributed by atoms with Crippen molar-refractivity contribution in [1.29, 1.82) is 0 Å². The molecule has 32 heavy (non-hydrogen) atoms. The topological polar surface area (TPSA) is 97.8 Å². The molecular weight excluding hydrogens is 404 g/mol. The van der Waals surface area contributed by atoms with E-state index in [2.05, 4.69) is 66.8 Å². The first-order valence-corrected chi connectivity index (χ1v) is 11.3. The first-order valence-electron chi connectivity index (χ1n) is 11.3. The summed E-state index contributed by atoms with van der Waals surface area (Å²) in [7, 11) is 0. The third-order valence-corrected chi connectivity index (χ3v) is 7.81. The second-order valence-corrected chi connectivity index (χ2v) is 9.83. The molecule has 8 nitrogen and oxygen atoms in total. The number of nitrogens with two attached hydrogens (primary N) is 1. The van der Waals surface area contributed by atoms with Crippen molar-refractivity contribution in [2.45, 2.75) is 37.7 Å². The van der Waals surface area contributed by atoms with Crippen LogP contribution < -0.4 is 16.2 Å². The van der Waals surface area contributed by atoms with E-state index in [4.69, 9.17) is 20.7 Å². The second kappa shape index (κ2) is 6.76. The third-order valence-electron chi connectivity index (χ3n) is 7.81. The fraction of sp³-hybridized carbons (Fsp3) is 0.458. The van der Waals surface area contributed by atoms with Crippen molar-refractivity contribution in [3.05, 3.63) is 59.5 Å². The summed E-state index contributed by atoms with van der Waals surface area (Å²) >= 11 is 0. The van der Waals surface area contributed by atoms with Gasteiger partial charge in [0.15, 0.2) is 11.5 Å². The molecule has 1 aliphatic carbocycles. The molecule has 4 atom stereocenters. The lowest BCUT2D eigenvalue weighted by Gasteiger charge is -2.41. The number of fused-ring (bicyclic) bond motifs is 2. The van der Waals surface area contributed by atoms with Crippen LogP contribution in [0, 0.1) is 18.8 Å². The van der Waals surface area contributed by atoms with Crippen molar-refractivity contribution in [1.82, 2.24) is 20.0 Å². The number of nitrogens with zero attached hydrogens (tertiary/aromatic N) is 4. The predicted molar refractivity (Wildman–Crippen MR) is 120 cm³/mol. The van der Waals surface area contributed by atoms with Crippen LogP contribution in [0.25, 0.3) is 5.65 Å². The lowest BCUT2D eigenvalue weighted by molar-refractivity contribution is -0.143. The Kier molecular flexibility index (Phi) is 4.16. The summed E-state index contributed by atoms with van der Waals surface area (Å²) in [6.45, 7) is 6.89. The van der Waals surface area contributed by atoms with Gasteiger partial charge < -0.3 is 9.64 Å². The Hall–Kier alpha value is -2.97. The number of carbonyl (C=O) groups excluding carboxylic acids is 1. The van der Waals surface area contributed by atoms with Crippen LogP contribution >= 0.6 is 0 Å². The minimum atomic E-state index is -0.758. The van der Waals surface area contributed by atoms with Crippen molar-refractivity contribution in [2.24, 2.45) is 17.7 Å². The summed E-state index contributed by atoms with van der Waals surface area (Å²) in [5.41, 5.74) is 6.02. The van der Waals surface area contributed by atoms with E-state index in [0.717, 1.165) is 42.8 Å². The lowest BCUT2D eigenvalue weighted by atomic mass is 9.63. The van der Waals surface area contributed by atoms with Gasteiger partial charge in [0, 0.05) is 24.4 Å². The summed E-state index contributed by atoms with van der Waals surface area (Å²) in [5, 5.41) is 4.79. The number of pyridine rings is 1. The van der Waals surface area contributed by atoms with Gasteiger partial charge in [0.25, 0.3) is 0 Å². The molecule has 166 valence electrons. The van der Waals surface area contributed by atoms with Crippen LogP contribution in [0.4, 0.5) is 5.69 Å². The molecule has 4 unspecified atom stereocenters. The quantitative estimate of drug-likeness (QED) is 0.372. The molecule has 4 fully saturated rings. The Bertz CT molecular complexity index is 1210. The van der Waals surface area contributed by atoms with Crippen molar-refractivity contribution in [2.75, 3.05) is 24.6 Å². The maximum Gasteiger partial charge on any atom is 0.240 e. The minimum Gasteiger partial charge on any atom is -0.369 e. The van der Waals surface area contributed by atoms with Gasteiger partial charge in [-0.05, 0) is 37.0 Å². The number of rotatable bonds is 4. The highest BCUT2D eigenvalue weighted by Crippen LogP contribution is 2.59. The van der Waals surface area contributed by atoms with E-state index in [1.807, 2.05) is 4.52 Å². The fourth-order valence-corrected chi connectivity index (χ4v) is 5.97. The van der Waals surface area contributed by atoms with Crippen molar-refractivity contribution < 1.29 is 9.53 Å². The summed E-state index contributed by atoms with van der Waals surface area (Å²) in [6.07, 6.45) is 3.91. The summed E-state index contributed by atoms with van der Waals surface area (Å²) in [4.78, 5) is 19.6. The normalized spacial score (nSPS) is 31.2. The summed E-state index contributed by atoms with van der Waals surface area (Å²) in [5.74, 6) is 5.65. The molecule has 1 saturated carbocycles. The van der Waals surface area contributed by atoms with E-state index in [1.54, 1.807) is 0 Å². The third kappa shape index (κ3) is 2.66. The monoisotopic (exact) mass is 432 g/mol. The van der Waals surface area contributed by atoms with Gasteiger partial charge in [-0.25, -0.2) is 15.3 Å². The van der Waals surface area contributed by atoms with Gasteiger partial charge in [-0.3, -0.25) is 10.2 Å². The molecule has 4 aliphatic rings. The molecule has 1 amide bonds. The molecule has 8 heteroatoms. The Labute approximate surface area is 186 Å². The van der Waals surface area contributed by atoms with Crippen LogP contribution in [0.1, 0.15) is 36.7 Å². The molecule has 3 aliphatic heterocycles. The molecule has 3 aromatic rings. The van der Waals surface area contributed by atoms with Crippen LogP contribution in [0.2, 0.25) is 0 Å². The van der Waals surface area contributed by atoms with Gasteiger partial charge in [-0.15, -0.1) is 5.10 Å². The van der Waals surface area contributed by atoms with Gasteiger partial charge >= 0.3 is 0 Å². The number of anilines is 1. The molecule has 3 N–H and O–H groups in total. The number of amides is 1. The summed E-state index contributed by atoms with van der Waals surface area (Å²) in [6, 6.07) is 12.9. The zero-order chi connectivity index (χ0) is 22.1.